The highest BCUT2D eigenvalue weighted by Gasteiger charge is 2.18. The number of benzene rings is 1. The van der Waals surface area contributed by atoms with Gasteiger partial charge >= 0.3 is 6.09 Å². The molecule has 1 aliphatic heterocycles. The van der Waals surface area contributed by atoms with Crippen molar-refractivity contribution in [1.29, 1.82) is 0 Å². The first-order chi connectivity index (χ1) is 15.0. The van der Waals surface area contributed by atoms with E-state index in [0.29, 0.717) is 43.4 Å². The SMILES string of the molecule is Cc1nnn(-c2ccc(F)cc2)c1COc1cc(OC(=O)NN2CCOCC2)n(C)n1. The lowest BCUT2D eigenvalue weighted by atomic mass is 10.3. The fourth-order valence-electron chi connectivity index (χ4n) is 2.99. The molecule has 3 heterocycles. The number of hydrazine groups is 1. The second-order valence-electron chi connectivity index (χ2n) is 6.84. The number of ether oxygens (including phenoxy) is 3. The third-order valence-electron chi connectivity index (χ3n) is 4.66. The number of nitrogens with zero attached hydrogens (tertiary/aromatic N) is 6. The molecular formula is C19H22FN7O4. The van der Waals surface area contributed by atoms with Crippen molar-refractivity contribution in [3.63, 3.8) is 0 Å². The minimum Gasteiger partial charge on any atom is -0.470 e. The molecule has 164 valence electrons. The molecule has 4 rings (SSSR count). The molecule has 11 nitrogen and oxygen atoms in total. The summed E-state index contributed by atoms with van der Waals surface area (Å²) in [5.74, 6) is 0.155. The van der Waals surface area contributed by atoms with Gasteiger partial charge in [-0.25, -0.2) is 23.6 Å². The Morgan fingerprint density at radius 3 is 2.74 bits per heavy atom. The van der Waals surface area contributed by atoms with Gasteiger partial charge in [-0.2, -0.15) is 0 Å². The topological polar surface area (TPSA) is 109 Å². The second kappa shape index (κ2) is 9.10. The summed E-state index contributed by atoms with van der Waals surface area (Å²) in [6.07, 6.45) is -0.620. The van der Waals surface area contributed by atoms with E-state index in [2.05, 4.69) is 20.8 Å². The Labute approximate surface area is 177 Å². The zero-order chi connectivity index (χ0) is 21.8. The average Bonchev–Trinajstić information content (AvgIpc) is 3.29. The molecule has 1 N–H and O–H groups in total. The van der Waals surface area contributed by atoms with Crippen LogP contribution < -0.4 is 14.9 Å². The van der Waals surface area contributed by atoms with Crippen LogP contribution in [0.25, 0.3) is 5.69 Å². The lowest BCUT2D eigenvalue weighted by molar-refractivity contribution is 0.0150. The Balaban J connectivity index is 1.39. The summed E-state index contributed by atoms with van der Waals surface area (Å²) >= 11 is 0. The number of aromatic nitrogens is 5. The monoisotopic (exact) mass is 431 g/mol. The van der Waals surface area contributed by atoms with Crippen LogP contribution in [-0.2, 0) is 18.4 Å². The van der Waals surface area contributed by atoms with Crippen LogP contribution in [0.1, 0.15) is 11.4 Å². The third kappa shape index (κ3) is 4.98. The number of halogens is 1. The van der Waals surface area contributed by atoms with Gasteiger partial charge in [-0.15, -0.1) is 10.2 Å². The van der Waals surface area contributed by atoms with Crippen molar-refractivity contribution in [1.82, 2.24) is 35.2 Å². The van der Waals surface area contributed by atoms with Crippen molar-refractivity contribution >= 4 is 6.09 Å². The maximum absolute atomic E-state index is 13.2. The van der Waals surface area contributed by atoms with E-state index in [-0.39, 0.29) is 24.2 Å². The highest BCUT2D eigenvalue weighted by molar-refractivity contribution is 5.69. The van der Waals surface area contributed by atoms with Gasteiger partial charge in [-0.1, -0.05) is 5.21 Å². The van der Waals surface area contributed by atoms with E-state index in [1.807, 2.05) is 0 Å². The summed E-state index contributed by atoms with van der Waals surface area (Å²) in [5.41, 5.74) is 4.67. The number of rotatable bonds is 6. The largest absolute Gasteiger partial charge is 0.470 e. The van der Waals surface area contributed by atoms with Crippen LogP contribution in [0.3, 0.4) is 0 Å². The van der Waals surface area contributed by atoms with Gasteiger partial charge in [0.05, 0.1) is 30.7 Å². The zero-order valence-electron chi connectivity index (χ0n) is 17.1. The number of carbonyl (C=O) groups is 1. The van der Waals surface area contributed by atoms with Crippen LogP contribution in [0.5, 0.6) is 11.8 Å². The Bertz CT molecular complexity index is 1040. The van der Waals surface area contributed by atoms with E-state index >= 15 is 0 Å². The highest BCUT2D eigenvalue weighted by Crippen LogP contribution is 2.21. The molecule has 3 aromatic rings. The number of morpholine rings is 1. The molecule has 0 aliphatic carbocycles. The van der Waals surface area contributed by atoms with E-state index in [9.17, 15) is 9.18 Å². The van der Waals surface area contributed by atoms with Crippen molar-refractivity contribution in [2.45, 2.75) is 13.5 Å². The molecule has 12 heteroatoms. The minimum absolute atomic E-state index is 0.118. The lowest BCUT2D eigenvalue weighted by Gasteiger charge is -2.26. The van der Waals surface area contributed by atoms with Crippen molar-refractivity contribution < 1.29 is 23.4 Å². The van der Waals surface area contributed by atoms with E-state index in [1.165, 1.54) is 22.9 Å². The Kier molecular flexibility index (Phi) is 6.09. The molecule has 1 amide bonds. The van der Waals surface area contributed by atoms with Crippen molar-refractivity contribution in [2.24, 2.45) is 7.05 Å². The van der Waals surface area contributed by atoms with Crippen molar-refractivity contribution in [3.05, 3.63) is 47.5 Å². The van der Waals surface area contributed by atoms with Gasteiger partial charge in [0.2, 0.25) is 11.8 Å². The Hall–Kier alpha value is -3.51. The second-order valence-corrected chi connectivity index (χ2v) is 6.84. The first-order valence-electron chi connectivity index (χ1n) is 9.65. The summed E-state index contributed by atoms with van der Waals surface area (Å²) in [5, 5.41) is 14.1. The summed E-state index contributed by atoms with van der Waals surface area (Å²) in [6.45, 7) is 4.19. The van der Waals surface area contributed by atoms with Crippen LogP contribution in [0, 0.1) is 12.7 Å². The predicted octanol–water partition coefficient (Wildman–Crippen LogP) is 1.36. The molecule has 0 unspecified atom stereocenters. The molecule has 0 spiro atoms. The summed E-state index contributed by atoms with van der Waals surface area (Å²) in [7, 11) is 1.64. The summed E-state index contributed by atoms with van der Waals surface area (Å²) in [6, 6.07) is 7.42. The van der Waals surface area contributed by atoms with Crippen molar-refractivity contribution in [2.75, 3.05) is 26.3 Å². The van der Waals surface area contributed by atoms with Crippen LogP contribution in [0.2, 0.25) is 0 Å². The van der Waals surface area contributed by atoms with E-state index < -0.39 is 6.09 Å². The van der Waals surface area contributed by atoms with Gasteiger partial charge in [-0.3, -0.25) is 5.43 Å². The van der Waals surface area contributed by atoms with E-state index in [4.69, 9.17) is 14.2 Å². The number of carbonyl (C=O) groups excluding carboxylic acids is 1. The molecule has 1 aliphatic rings. The van der Waals surface area contributed by atoms with Gasteiger partial charge in [0, 0.05) is 20.1 Å². The quantitative estimate of drug-likeness (QED) is 0.623. The number of nitrogens with one attached hydrogen (secondary N) is 1. The van der Waals surface area contributed by atoms with E-state index in [0.717, 1.165) is 0 Å². The maximum Gasteiger partial charge on any atom is 0.428 e. The van der Waals surface area contributed by atoms with Crippen LogP contribution in [0.15, 0.2) is 30.3 Å². The minimum atomic E-state index is -0.620. The van der Waals surface area contributed by atoms with Gasteiger partial charge in [0.15, 0.2) is 0 Å². The molecule has 1 saturated heterocycles. The Morgan fingerprint density at radius 1 is 1.26 bits per heavy atom. The first kappa shape index (κ1) is 20.8. The molecular weight excluding hydrogens is 409 g/mol. The number of hydrogen-bond acceptors (Lipinski definition) is 8. The van der Waals surface area contributed by atoms with Crippen LogP contribution in [0.4, 0.5) is 9.18 Å². The first-order valence-corrected chi connectivity index (χ1v) is 9.65. The zero-order valence-corrected chi connectivity index (χ0v) is 17.1. The van der Waals surface area contributed by atoms with Crippen LogP contribution >= 0.6 is 0 Å². The standard InChI is InChI=1S/C19H22FN7O4/c1-13-16(27(24-21-13)15-5-3-14(20)4-6-15)12-30-17-11-18(25(2)22-17)31-19(28)23-26-7-9-29-10-8-26/h3-6,11H,7-10,12H2,1-2H3,(H,23,28). The number of aryl methyl sites for hydroxylation is 2. The molecule has 0 saturated carbocycles. The van der Waals surface area contributed by atoms with Crippen LogP contribution in [-0.4, -0.2) is 62.2 Å². The van der Waals surface area contributed by atoms with Gasteiger partial charge < -0.3 is 14.2 Å². The Morgan fingerprint density at radius 2 is 2.00 bits per heavy atom. The third-order valence-corrected chi connectivity index (χ3v) is 4.66. The molecule has 1 aromatic carbocycles. The van der Waals surface area contributed by atoms with Gasteiger partial charge in [0.1, 0.15) is 18.1 Å². The van der Waals surface area contributed by atoms with Gasteiger partial charge in [-0.05, 0) is 31.2 Å². The fraction of sp³-hybridized carbons (Fsp3) is 0.368. The average molecular weight is 431 g/mol. The molecule has 1 fully saturated rings. The number of hydrogen-bond donors (Lipinski definition) is 1. The van der Waals surface area contributed by atoms with E-state index in [1.54, 1.807) is 35.8 Å². The number of amides is 1. The fourth-order valence-corrected chi connectivity index (χ4v) is 2.99. The summed E-state index contributed by atoms with van der Waals surface area (Å²) < 4.78 is 32.5. The van der Waals surface area contributed by atoms with Gasteiger partial charge in [0.25, 0.3) is 0 Å². The maximum atomic E-state index is 13.2. The van der Waals surface area contributed by atoms with Crippen molar-refractivity contribution in [3.8, 4) is 17.4 Å². The molecule has 31 heavy (non-hydrogen) atoms. The predicted molar refractivity (Wildman–Crippen MR) is 105 cm³/mol. The molecule has 0 atom stereocenters. The molecule has 0 radical (unpaired) electrons. The smallest absolute Gasteiger partial charge is 0.428 e. The molecule has 2 aromatic heterocycles. The molecule has 0 bridgehead atoms. The lowest BCUT2D eigenvalue weighted by Crippen LogP contribution is -2.49. The highest BCUT2D eigenvalue weighted by atomic mass is 19.1. The summed E-state index contributed by atoms with van der Waals surface area (Å²) in [4.78, 5) is 12.1. The normalized spacial score (nSPS) is 14.4.